The first-order chi connectivity index (χ1) is 9.69. The zero-order chi connectivity index (χ0) is 14.4. The summed E-state index contributed by atoms with van der Waals surface area (Å²) in [6.07, 6.45) is 3.20. The van der Waals surface area contributed by atoms with E-state index in [1.54, 1.807) is 6.20 Å². The maximum absolute atomic E-state index is 10.3. The highest BCUT2D eigenvalue weighted by Gasteiger charge is 2.12. The average molecular weight is 270 g/mol. The van der Waals surface area contributed by atoms with Crippen LogP contribution in [0.25, 0.3) is 0 Å². The molecule has 1 heterocycles. The standard InChI is InChI=1S/C17H22N2O/c1-3-19(12-15-5-4-10-18-11-15)13-17(20)16-8-6-14(2)7-9-16/h4-11,17,20H,3,12-13H2,1-2H3/t17-/m1/s1. The van der Waals surface area contributed by atoms with Crippen LogP contribution < -0.4 is 0 Å². The Morgan fingerprint density at radius 2 is 1.95 bits per heavy atom. The van der Waals surface area contributed by atoms with Crippen LogP contribution in [-0.4, -0.2) is 28.1 Å². The second-order valence-corrected chi connectivity index (χ2v) is 5.12. The molecule has 3 heteroatoms. The Balaban J connectivity index is 1.97. The van der Waals surface area contributed by atoms with Gasteiger partial charge in [0.05, 0.1) is 6.10 Å². The number of aromatic nitrogens is 1. The van der Waals surface area contributed by atoms with Crippen molar-refractivity contribution in [3.63, 3.8) is 0 Å². The molecule has 0 amide bonds. The van der Waals surface area contributed by atoms with E-state index in [2.05, 4.69) is 29.8 Å². The molecule has 0 saturated heterocycles. The van der Waals surface area contributed by atoms with Crippen molar-refractivity contribution in [3.8, 4) is 0 Å². The van der Waals surface area contributed by atoms with Crippen molar-refractivity contribution >= 4 is 0 Å². The Labute approximate surface area is 120 Å². The minimum atomic E-state index is -0.452. The lowest BCUT2D eigenvalue weighted by atomic mass is 10.1. The summed E-state index contributed by atoms with van der Waals surface area (Å²) in [5.41, 5.74) is 3.36. The molecule has 20 heavy (non-hydrogen) atoms. The first-order valence-electron chi connectivity index (χ1n) is 7.05. The number of rotatable bonds is 6. The fourth-order valence-electron chi connectivity index (χ4n) is 2.19. The van der Waals surface area contributed by atoms with Crippen LogP contribution in [0.1, 0.15) is 29.7 Å². The smallest absolute Gasteiger partial charge is 0.0917 e. The summed E-state index contributed by atoms with van der Waals surface area (Å²) in [5.74, 6) is 0. The number of nitrogens with zero attached hydrogens (tertiary/aromatic N) is 2. The Morgan fingerprint density at radius 1 is 1.20 bits per heavy atom. The van der Waals surface area contributed by atoms with E-state index < -0.39 is 6.10 Å². The van der Waals surface area contributed by atoms with Crippen molar-refractivity contribution in [2.75, 3.05) is 13.1 Å². The SMILES string of the molecule is CCN(Cc1cccnc1)C[C@@H](O)c1ccc(C)cc1. The van der Waals surface area contributed by atoms with Gasteiger partial charge in [-0.3, -0.25) is 9.88 Å². The molecule has 0 unspecified atom stereocenters. The summed E-state index contributed by atoms with van der Waals surface area (Å²) in [6, 6.07) is 12.1. The zero-order valence-electron chi connectivity index (χ0n) is 12.2. The van der Waals surface area contributed by atoms with Crippen LogP contribution in [0.2, 0.25) is 0 Å². The van der Waals surface area contributed by atoms with Gasteiger partial charge in [0.15, 0.2) is 0 Å². The molecule has 106 valence electrons. The third-order valence-corrected chi connectivity index (χ3v) is 3.47. The number of hydrogen-bond donors (Lipinski definition) is 1. The van der Waals surface area contributed by atoms with Crippen LogP contribution in [0.3, 0.4) is 0 Å². The lowest BCUT2D eigenvalue weighted by molar-refractivity contribution is 0.112. The second kappa shape index (κ2) is 7.17. The highest BCUT2D eigenvalue weighted by molar-refractivity contribution is 5.23. The topological polar surface area (TPSA) is 36.4 Å². The molecule has 0 aliphatic carbocycles. The van der Waals surface area contributed by atoms with Crippen LogP contribution in [0.5, 0.6) is 0 Å². The van der Waals surface area contributed by atoms with Crippen LogP contribution in [0.4, 0.5) is 0 Å². The molecule has 1 aromatic carbocycles. The molecular weight excluding hydrogens is 248 g/mol. The van der Waals surface area contributed by atoms with E-state index in [-0.39, 0.29) is 0 Å². The lowest BCUT2D eigenvalue weighted by Gasteiger charge is -2.23. The van der Waals surface area contributed by atoms with Gasteiger partial charge in [-0.25, -0.2) is 0 Å². The van der Waals surface area contributed by atoms with E-state index in [4.69, 9.17) is 0 Å². The van der Waals surface area contributed by atoms with E-state index in [0.29, 0.717) is 6.54 Å². The van der Waals surface area contributed by atoms with Crippen molar-refractivity contribution in [1.29, 1.82) is 0 Å². The summed E-state index contributed by atoms with van der Waals surface area (Å²) in [4.78, 5) is 6.35. The Kier molecular flexibility index (Phi) is 5.27. The molecule has 1 aromatic heterocycles. The van der Waals surface area contributed by atoms with Crippen molar-refractivity contribution in [2.45, 2.75) is 26.5 Å². The Morgan fingerprint density at radius 3 is 2.55 bits per heavy atom. The van der Waals surface area contributed by atoms with E-state index in [1.165, 1.54) is 11.1 Å². The van der Waals surface area contributed by atoms with Crippen LogP contribution in [0.15, 0.2) is 48.8 Å². The van der Waals surface area contributed by atoms with E-state index in [0.717, 1.165) is 18.7 Å². The Bertz CT molecular complexity index is 510. The first-order valence-corrected chi connectivity index (χ1v) is 7.05. The number of aliphatic hydroxyl groups excluding tert-OH is 1. The van der Waals surface area contributed by atoms with Crippen molar-refractivity contribution in [2.24, 2.45) is 0 Å². The molecule has 0 fully saturated rings. The molecular formula is C17H22N2O. The minimum Gasteiger partial charge on any atom is -0.387 e. The molecule has 1 N–H and O–H groups in total. The van der Waals surface area contributed by atoms with Gasteiger partial charge in [0.25, 0.3) is 0 Å². The predicted octanol–water partition coefficient (Wildman–Crippen LogP) is 2.95. The molecule has 0 aliphatic rings. The van der Waals surface area contributed by atoms with Crippen LogP contribution >= 0.6 is 0 Å². The fourth-order valence-corrected chi connectivity index (χ4v) is 2.19. The molecule has 2 aromatic rings. The monoisotopic (exact) mass is 270 g/mol. The third-order valence-electron chi connectivity index (χ3n) is 3.47. The average Bonchev–Trinajstić information content (AvgIpc) is 2.48. The predicted molar refractivity (Wildman–Crippen MR) is 81.3 cm³/mol. The van der Waals surface area contributed by atoms with Gasteiger partial charge < -0.3 is 5.11 Å². The van der Waals surface area contributed by atoms with Gasteiger partial charge in [-0.1, -0.05) is 42.8 Å². The lowest BCUT2D eigenvalue weighted by Crippen LogP contribution is -2.28. The molecule has 3 nitrogen and oxygen atoms in total. The third kappa shape index (κ3) is 4.15. The van der Waals surface area contributed by atoms with E-state index >= 15 is 0 Å². The van der Waals surface area contributed by atoms with E-state index in [9.17, 15) is 5.11 Å². The maximum atomic E-state index is 10.3. The van der Waals surface area contributed by atoms with Gasteiger partial charge in [0, 0.05) is 25.5 Å². The van der Waals surface area contributed by atoms with Gasteiger partial charge in [0.1, 0.15) is 0 Å². The number of aliphatic hydroxyl groups is 1. The molecule has 0 spiro atoms. The number of likely N-dealkylation sites (N-methyl/N-ethyl adjacent to an activating group) is 1. The largest absolute Gasteiger partial charge is 0.387 e. The maximum Gasteiger partial charge on any atom is 0.0917 e. The zero-order valence-corrected chi connectivity index (χ0v) is 12.2. The summed E-state index contributed by atoms with van der Waals surface area (Å²) in [5, 5.41) is 10.3. The van der Waals surface area contributed by atoms with E-state index in [1.807, 2.05) is 36.5 Å². The normalized spacial score (nSPS) is 12.6. The summed E-state index contributed by atoms with van der Waals surface area (Å²) >= 11 is 0. The second-order valence-electron chi connectivity index (χ2n) is 5.12. The van der Waals surface area contributed by atoms with Gasteiger partial charge in [0.2, 0.25) is 0 Å². The number of pyridine rings is 1. The molecule has 2 rings (SSSR count). The number of benzene rings is 1. The highest BCUT2D eigenvalue weighted by Crippen LogP contribution is 2.16. The quantitative estimate of drug-likeness (QED) is 0.876. The Hall–Kier alpha value is -1.71. The molecule has 0 aliphatic heterocycles. The van der Waals surface area contributed by atoms with Gasteiger partial charge >= 0.3 is 0 Å². The van der Waals surface area contributed by atoms with Gasteiger partial charge in [-0.15, -0.1) is 0 Å². The molecule has 0 radical (unpaired) electrons. The number of aryl methyl sites for hydroxylation is 1. The molecule has 0 saturated carbocycles. The highest BCUT2D eigenvalue weighted by atomic mass is 16.3. The van der Waals surface area contributed by atoms with Crippen molar-refractivity contribution < 1.29 is 5.11 Å². The van der Waals surface area contributed by atoms with Crippen LogP contribution in [-0.2, 0) is 6.54 Å². The fraction of sp³-hybridized carbons (Fsp3) is 0.353. The van der Waals surface area contributed by atoms with Gasteiger partial charge in [-0.05, 0) is 30.7 Å². The van der Waals surface area contributed by atoms with Gasteiger partial charge in [-0.2, -0.15) is 0 Å². The molecule has 0 bridgehead atoms. The summed E-state index contributed by atoms with van der Waals surface area (Å²) < 4.78 is 0. The first kappa shape index (κ1) is 14.7. The van der Waals surface area contributed by atoms with Crippen molar-refractivity contribution in [1.82, 2.24) is 9.88 Å². The van der Waals surface area contributed by atoms with Crippen LogP contribution in [0, 0.1) is 6.92 Å². The number of hydrogen-bond acceptors (Lipinski definition) is 3. The molecule has 1 atom stereocenters. The minimum absolute atomic E-state index is 0.452. The summed E-state index contributed by atoms with van der Waals surface area (Å²) in [7, 11) is 0. The summed E-state index contributed by atoms with van der Waals surface area (Å²) in [6.45, 7) is 6.51. The van der Waals surface area contributed by atoms with Crippen molar-refractivity contribution in [3.05, 3.63) is 65.5 Å².